The molecule has 1 fully saturated rings. The molecule has 1 aromatic heterocycles. The molecule has 5 rings (SSSR count). The number of para-hydroxylation sites is 1. The molecule has 0 N–H and O–H groups in total. The molecule has 3 aromatic carbocycles. The molecule has 4 aromatic rings. The zero-order valence-corrected chi connectivity index (χ0v) is 19.8. The van der Waals surface area contributed by atoms with E-state index in [2.05, 4.69) is 82.5 Å². The fraction of sp³-hybridized carbons (Fsp3) is 0.310. The molecule has 0 amide bonds. The number of hydrogen-bond acceptors (Lipinski definition) is 4. The number of likely N-dealkylation sites (N-methyl/N-ethyl adjacent to an activating group) is 1. The predicted octanol–water partition coefficient (Wildman–Crippen LogP) is 4.75. The number of fused-ring (bicyclic) bond motifs is 1. The van der Waals surface area contributed by atoms with Crippen molar-refractivity contribution in [3.8, 4) is 0 Å². The average Bonchev–Trinajstić information content (AvgIpc) is 2.90. The first-order valence-corrected chi connectivity index (χ1v) is 12.2. The predicted molar refractivity (Wildman–Crippen MR) is 138 cm³/mol. The Morgan fingerprint density at radius 3 is 2.12 bits per heavy atom. The first-order valence-electron chi connectivity index (χ1n) is 12.2. The highest BCUT2D eigenvalue weighted by atomic mass is 16.1. The van der Waals surface area contributed by atoms with Gasteiger partial charge in [-0.3, -0.25) is 14.3 Å². The molecule has 34 heavy (non-hydrogen) atoms. The summed E-state index contributed by atoms with van der Waals surface area (Å²) < 4.78 is 1.85. The second-order valence-corrected chi connectivity index (χ2v) is 9.25. The maximum absolute atomic E-state index is 13.0. The van der Waals surface area contributed by atoms with Gasteiger partial charge in [0.15, 0.2) is 0 Å². The molecule has 0 saturated carbocycles. The molecule has 0 aliphatic carbocycles. The second kappa shape index (κ2) is 10.3. The lowest BCUT2D eigenvalue weighted by Gasteiger charge is -2.35. The van der Waals surface area contributed by atoms with Gasteiger partial charge in [0.2, 0.25) is 0 Å². The van der Waals surface area contributed by atoms with E-state index in [0.717, 1.165) is 44.5 Å². The molecule has 1 aliphatic heterocycles. The molecule has 0 radical (unpaired) electrons. The van der Waals surface area contributed by atoms with Gasteiger partial charge in [-0.05, 0) is 43.1 Å². The quantitative estimate of drug-likeness (QED) is 0.406. The lowest BCUT2D eigenvalue weighted by molar-refractivity contribution is 0.156. The first-order chi connectivity index (χ1) is 16.7. The largest absolute Gasteiger partial charge is 0.302 e. The standard InChI is InChI=1S/C29H32N4O/c1-31(28(23-10-4-2-5-11-23)24-12-6-3-7-13-24)20-21-32-18-16-25(17-19-32)33-22-30-27-15-9-8-14-26(27)29(33)34/h2-15,22,25,28H,16-21H2,1H3. The molecule has 0 spiro atoms. The van der Waals surface area contributed by atoms with Gasteiger partial charge in [-0.15, -0.1) is 0 Å². The fourth-order valence-corrected chi connectivity index (χ4v) is 5.16. The number of hydrogen-bond donors (Lipinski definition) is 0. The van der Waals surface area contributed by atoms with Crippen LogP contribution in [0.1, 0.15) is 36.1 Å². The summed E-state index contributed by atoms with van der Waals surface area (Å²) in [6.45, 7) is 4.00. The van der Waals surface area contributed by atoms with Crippen LogP contribution in [0.15, 0.2) is 96.1 Å². The van der Waals surface area contributed by atoms with E-state index in [1.165, 1.54) is 11.1 Å². The summed E-state index contributed by atoms with van der Waals surface area (Å²) in [5.41, 5.74) is 3.49. The lowest BCUT2D eigenvalue weighted by Crippen LogP contribution is -2.41. The summed E-state index contributed by atoms with van der Waals surface area (Å²) in [7, 11) is 2.22. The van der Waals surface area contributed by atoms with Crippen LogP contribution in [0, 0.1) is 0 Å². The first kappa shape index (κ1) is 22.5. The highest BCUT2D eigenvalue weighted by Crippen LogP contribution is 2.28. The Morgan fingerprint density at radius 2 is 1.47 bits per heavy atom. The van der Waals surface area contributed by atoms with Crippen LogP contribution in [-0.4, -0.2) is 52.6 Å². The van der Waals surface area contributed by atoms with Gasteiger partial charge in [0, 0.05) is 32.2 Å². The highest BCUT2D eigenvalue weighted by molar-refractivity contribution is 5.76. The van der Waals surface area contributed by atoms with Crippen LogP contribution in [0.25, 0.3) is 10.9 Å². The third kappa shape index (κ3) is 4.81. The number of likely N-dealkylation sites (tertiary alicyclic amines) is 1. The number of benzene rings is 3. The van der Waals surface area contributed by atoms with Crippen LogP contribution < -0.4 is 5.56 Å². The summed E-state index contributed by atoms with van der Waals surface area (Å²) in [5.74, 6) is 0. The number of nitrogens with zero attached hydrogens (tertiary/aromatic N) is 4. The van der Waals surface area contributed by atoms with E-state index >= 15 is 0 Å². The van der Waals surface area contributed by atoms with E-state index in [4.69, 9.17) is 0 Å². The number of piperidine rings is 1. The third-order valence-electron chi connectivity index (χ3n) is 7.08. The molecule has 174 valence electrons. The van der Waals surface area contributed by atoms with Gasteiger partial charge in [0.25, 0.3) is 5.56 Å². The summed E-state index contributed by atoms with van der Waals surface area (Å²) in [6.07, 6.45) is 3.69. The van der Waals surface area contributed by atoms with Crippen LogP contribution in [0.5, 0.6) is 0 Å². The van der Waals surface area contributed by atoms with Crippen molar-refractivity contribution >= 4 is 10.9 Å². The molecule has 0 atom stereocenters. The molecule has 1 saturated heterocycles. The van der Waals surface area contributed by atoms with Gasteiger partial charge in [-0.2, -0.15) is 0 Å². The van der Waals surface area contributed by atoms with Crippen LogP contribution in [0.3, 0.4) is 0 Å². The normalized spacial score (nSPS) is 15.4. The highest BCUT2D eigenvalue weighted by Gasteiger charge is 2.24. The van der Waals surface area contributed by atoms with Gasteiger partial charge >= 0.3 is 0 Å². The van der Waals surface area contributed by atoms with Crippen molar-refractivity contribution < 1.29 is 0 Å². The molecule has 2 heterocycles. The Hall–Kier alpha value is -3.28. The molecular weight excluding hydrogens is 420 g/mol. The van der Waals surface area contributed by atoms with Crippen molar-refractivity contribution in [2.75, 3.05) is 33.2 Å². The topological polar surface area (TPSA) is 41.4 Å². The van der Waals surface area contributed by atoms with Gasteiger partial charge in [0.1, 0.15) is 0 Å². The second-order valence-electron chi connectivity index (χ2n) is 9.25. The van der Waals surface area contributed by atoms with Gasteiger partial charge in [0.05, 0.1) is 23.3 Å². The maximum Gasteiger partial charge on any atom is 0.261 e. The average molecular weight is 453 g/mol. The minimum Gasteiger partial charge on any atom is -0.302 e. The Labute approximate surface area is 201 Å². The smallest absolute Gasteiger partial charge is 0.261 e. The van der Waals surface area contributed by atoms with E-state index in [9.17, 15) is 4.79 Å². The van der Waals surface area contributed by atoms with E-state index in [-0.39, 0.29) is 17.6 Å². The van der Waals surface area contributed by atoms with Crippen molar-refractivity contribution in [1.82, 2.24) is 19.4 Å². The summed E-state index contributed by atoms with van der Waals surface area (Å²) >= 11 is 0. The van der Waals surface area contributed by atoms with Gasteiger partial charge in [-0.25, -0.2) is 4.98 Å². The van der Waals surface area contributed by atoms with Crippen molar-refractivity contribution in [3.63, 3.8) is 0 Å². The zero-order valence-electron chi connectivity index (χ0n) is 19.8. The van der Waals surface area contributed by atoms with Gasteiger partial charge in [-0.1, -0.05) is 72.8 Å². The van der Waals surface area contributed by atoms with E-state index < -0.39 is 0 Å². The van der Waals surface area contributed by atoms with Crippen LogP contribution in [-0.2, 0) is 0 Å². The van der Waals surface area contributed by atoms with Crippen molar-refractivity contribution in [3.05, 3.63) is 113 Å². The van der Waals surface area contributed by atoms with Gasteiger partial charge < -0.3 is 4.90 Å². The molecule has 5 nitrogen and oxygen atoms in total. The Morgan fingerprint density at radius 1 is 0.882 bits per heavy atom. The fourth-order valence-electron chi connectivity index (χ4n) is 5.16. The maximum atomic E-state index is 13.0. The van der Waals surface area contributed by atoms with Crippen molar-refractivity contribution in [2.45, 2.75) is 24.9 Å². The SMILES string of the molecule is CN(CCN1CCC(n2cnc3ccccc3c2=O)CC1)C(c1ccccc1)c1ccccc1. The Kier molecular flexibility index (Phi) is 6.84. The summed E-state index contributed by atoms with van der Waals surface area (Å²) in [5, 5.41) is 0.710. The van der Waals surface area contributed by atoms with Crippen molar-refractivity contribution in [2.24, 2.45) is 0 Å². The summed E-state index contributed by atoms with van der Waals surface area (Å²) in [4.78, 5) is 22.5. The Balaban J connectivity index is 1.22. The minimum atomic E-state index is 0.0809. The molecule has 0 bridgehead atoms. The molecule has 1 aliphatic rings. The van der Waals surface area contributed by atoms with Crippen LogP contribution in [0.4, 0.5) is 0 Å². The molecule has 0 unspecified atom stereocenters. The van der Waals surface area contributed by atoms with E-state index in [1.807, 2.05) is 28.8 Å². The molecular formula is C29H32N4O. The lowest BCUT2D eigenvalue weighted by atomic mass is 9.97. The van der Waals surface area contributed by atoms with Crippen LogP contribution >= 0.6 is 0 Å². The van der Waals surface area contributed by atoms with E-state index in [0.29, 0.717) is 5.39 Å². The summed E-state index contributed by atoms with van der Waals surface area (Å²) in [6, 6.07) is 29.6. The monoisotopic (exact) mass is 452 g/mol. The Bertz CT molecular complexity index is 1220. The molecule has 5 heteroatoms. The zero-order chi connectivity index (χ0) is 23.3. The minimum absolute atomic E-state index is 0.0809. The third-order valence-corrected chi connectivity index (χ3v) is 7.08. The van der Waals surface area contributed by atoms with Crippen molar-refractivity contribution in [1.29, 1.82) is 0 Å². The van der Waals surface area contributed by atoms with E-state index in [1.54, 1.807) is 6.33 Å². The number of aromatic nitrogens is 2. The van der Waals surface area contributed by atoms with Crippen LogP contribution in [0.2, 0.25) is 0 Å². The number of rotatable bonds is 7.